The number of piperidine rings is 2. The molecule has 0 spiro atoms. The van der Waals surface area contributed by atoms with Crippen molar-refractivity contribution >= 4 is 17.6 Å². The molecule has 8 nitrogen and oxygen atoms in total. The fourth-order valence-corrected chi connectivity index (χ4v) is 5.63. The topological polar surface area (TPSA) is 90.5 Å². The van der Waals surface area contributed by atoms with Gasteiger partial charge in [-0.05, 0) is 69.2 Å². The molecule has 3 heterocycles. The van der Waals surface area contributed by atoms with E-state index in [0.717, 1.165) is 63.2 Å². The SMILES string of the molecule is CNC(=O)C1CCN(C2CCN(C(=O)c3nc(C)nc(NCc4ccc(C(C)(C)C)cc4)c3C)CC2)CC1. The van der Waals surface area contributed by atoms with Crippen LogP contribution < -0.4 is 10.6 Å². The number of hydrogen-bond acceptors (Lipinski definition) is 6. The van der Waals surface area contributed by atoms with Gasteiger partial charge < -0.3 is 20.4 Å². The van der Waals surface area contributed by atoms with Crippen molar-refractivity contribution in [1.82, 2.24) is 25.1 Å². The highest BCUT2D eigenvalue weighted by Crippen LogP contribution is 2.26. The Balaban J connectivity index is 1.35. The second kappa shape index (κ2) is 11.8. The molecule has 38 heavy (non-hydrogen) atoms. The maximum atomic E-state index is 13.5. The molecule has 2 saturated heterocycles. The number of nitrogens with one attached hydrogen (secondary N) is 2. The maximum Gasteiger partial charge on any atom is 0.272 e. The van der Waals surface area contributed by atoms with Gasteiger partial charge in [0.1, 0.15) is 17.3 Å². The van der Waals surface area contributed by atoms with Crippen molar-refractivity contribution in [2.24, 2.45) is 5.92 Å². The number of carbonyl (C=O) groups excluding carboxylic acids is 2. The van der Waals surface area contributed by atoms with Gasteiger partial charge in [0.15, 0.2) is 0 Å². The zero-order valence-electron chi connectivity index (χ0n) is 23.9. The second-order valence-corrected chi connectivity index (χ2v) is 11.8. The monoisotopic (exact) mass is 520 g/mol. The predicted molar refractivity (Wildman–Crippen MR) is 151 cm³/mol. The van der Waals surface area contributed by atoms with E-state index in [1.54, 1.807) is 7.05 Å². The van der Waals surface area contributed by atoms with Crippen molar-refractivity contribution in [3.63, 3.8) is 0 Å². The maximum absolute atomic E-state index is 13.5. The van der Waals surface area contributed by atoms with Gasteiger partial charge in [-0.3, -0.25) is 9.59 Å². The third kappa shape index (κ3) is 6.52. The summed E-state index contributed by atoms with van der Waals surface area (Å²) in [7, 11) is 1.72. The molecule has 2 aromatic rings. The molecule has 0 saturated carbocycles. The number of anilines is 1. The largest absolute Gasteiger partial charge is 0.366 e. The number of hydrogen-bond donors (Lipinski definition) is 2. The van der Waals surface area contributed by atoms with Crippen LogP contribution in [0.15, 0.2) is 24.3 Å². The van der Waals surface area contributed by atoms with E-state index in [9.17, 15) is 9.59 Å². The standard InChI is InChI=1S/C30H44N6O2/c1-20-26(33-21(2)34-27(20)32-19-22-7-9-24(10-8-22)30(3,4)5)29(38)36-17-13-25(14-18-36)35-15-11-23(12-16-35)28(37)31-6/h7-10,23,25H,11-19H2,1-6H3,(H,31,37)(H,32,33,34). The molecular weight excluding hydrogens is 476 g/mol. The Morgan fingerprint density at radius 2 is 1.58 bits per heavy atom. The van der Waals surface area contributed by atoms with E-state index in [1.807, 2.05) is 18.7 Å². The van der Waals surface area contributed by atoms with Crippen LogP contribution in [0.25, 0.3) is 0 Å². The van der Waals surface area contributed by atoms with Crippen molar-refractivity contribution in [1.29, 1.82) is 0 Å². The number of carbonyl (C=O) groups is 2. The van der Waals surface area contributed by atoms with Gasteiger partial charge >= 0.3 is 0 Å². The van der Waals surface area contributed by atoms with Crippen molar-refractivity contribution in [2.45, 2.75) is 78.3 Å². The molecule has 206 valence electrons. The summed E-state index contributed by atoms with van der Waals surface area (Å²) >= 11 is 0. The molecule has 0 unspecified atom stereocenters. The van der Waals surface area contributed by atoms with Gasteiger partial charge in [0.05, 0.1) is 0 Å². The average molecular weight is 521 g/mol. The van der Waals surface area contributed by atoms with Crippen LogP contribution in [0.2, 0.25) is 0 Å². The lowest BCUT2D eigenvalue weighted by molar-refractivity contribution is -0.126. The zero-order valence-corrected chi connectivity index (χ0v) is 23.9. The molecular formula is C30H44N6O2. The van der Waals surface area contributed by atoms with Gasteiger partial charge in [-0.15, -0.1) is 0 Å². The first-order valence-electron chi connectivity index (χ1n) is 14.0. The summed E-state index contributed by atoms with van der Waals surface area (Å²) in [4.78, 5) is 39.1. The number of amides is 2. The highest BCUT2D eigenvalue weighted by Gasteiger charge is 2.32. The van der Waals surface area contributed by atoms with Gasteiger partial charge in [-0.2, -0.15) is 0 Å². The summed E-state index contributed by atoms with van der Waals surface area (Å²) < 4.78 is 0. The molecule has 0 aliphatic carbocycles. The number of aryl methyl sites for hydroxylation is 1. The van der Waals surface area contributed by atoms with Crippen LogP contribution in [0, 0.1) is 19.8 Å². The van der Waals surface area contributed by atoms with Gasteiger partial charge in [0, 0.05) is 44.2 Å². The molecule has 2 amide bonds. The van der Waals surface area contributed by atoms with Gasteiger partial charge in [0.2, 0.25) is 5.91 Å². The molecule has 8 heteroatoms. The van der Waals surface area contributed by atoms with Crippen LogP contribution in [0.4, 0.5) is 5.82 Å². The van der Waals surface area contributed by atoms with Crippen molar-refractivity contribution < 1.29 is 9.59 Å². The third-order valence-electron chi connectivity index (χ3n) is 8.15. The Morgan fingerprint density at radius 3 is 2.16 bits per heavy atom. The van der Waals surface area contributed by atoms with Crippen molar-refractivity contribution in [2.75, 3.05) is 38.5 Å². The van der Waals surface area contributed by atoms with E-state index in [1.165, 1.54) is 11.1 Å². The molecule has 0 atom stereocenters. The summed E-state index contributed by atoms with van der Waals surface area (Å²) in [6.07, 6.45) is 3.73. The fraction of sp³-hybridized carbons (Fsp3) is 0.600. The Morgan fingerprint density at radius 1 is 0.947 bits per heavy atom. The molecule has 1 aromatic carbocycles. The first kappa shape index (κ1) is 28.0. The summed E-state index contributed by atoms with van der Waals surface area (Å²) in [5.41, 5.74) is 3.89. The Hall–Kier alpha value is -3.00. The summed E-state index contributed by atoms with van der Waals surface area (Å²) in [5.74, 6) is 1.59. The van der Waals surface area contributed by atoms with Crippen LogP contribution >= 0.6 is 0 Å². The van der Waals surface area contributed by atoms with Crippen LogP contribution in [0.1, 0.15) is 79.5 Å². The smallest absolute Gasteiger partial charge is 0.272 e. The highest BCUT2D eigenvalue weighted by atomic mass is 16.2. The third-order valence-corrected chi connectivity index (χ3v) is 8.15. The molecule has 4 rings (SSSR count). The molecule has 0 radical (unpaired) electrons. The minimum atomic E-state index is -0.0117. The van der Waals surface area contributed by atoms with Crippen LogP contribution in [0.3, 0.4) is 0 Å². The van der Waals surface area contributed by atoms with E-state index in [2.05, 4.69) is 70.5 Å². The van der Waals surface area contributed by atoms with Crippen molar-refractivity contribution in [3.05, 3.63) is 52.5 Å². The van der Waals surface area contributed by atoms with E-state index in [0.29, 0.717) is 24.1 Å². The quantitative estimate of drug-likeness (QED) is 0.597. The normalized spacial score (nSPS) is 17.9. The number of benzene rings is 1. The summed E-state index contributed by atoms with van der Waals surface area (Å²) in [6.45, 7) is 14.4. The molecule has 0 bridgehead atoms. The molecule has 2 aliphatic rings. The molecule has 2 aliphatic heterocycles. The van der Waals surface area contributed by atoms with E-state index in [-0.39, 0.29) is 23.1 Å². The number of aromatic nitrogens is 2. The minimum Gasteiger partial charge on any atom is -0.366 e. The predicted octanol–water partition coefficient (Wildman–Crippen LogP) is 4.07. The van der Waals surface area contributed by atoms with E-state index in [4.69, 9.17) is 0 Å². The van der Waals surface area contributed by atoms with Crippen LogP contribution in [-0.2, 0) is 16.8 Å². The number of rotatable bonds is 6. The number of nitrogens with zero attached hydrogens (tertiary/aromatic N) is 4. The minimum absolute atomic E-state index is 0.0117. The molecule has 2 fully saturated rings. The van der Waals surface area contributed by atoms with E-state index < -0.39 is 0 Å². The lowest BCUT2D eigenvalue weighted by Crippen LogP contribution is -2.50. The zero-order chi connectivity index (χ0) is 27.4. The lowest BCUT2D eigenvalue weighted by Gasteiger charge is -2.41. The summed E-state index contributed by atoms with van der Waals surface area (Å²) in [5, 5.41) is 6.22. The van der Waals surface area contributed by atoms with Crippen molar-refractivity contribution in [3.8, 4) is 0 Å². The highest BCUT2D eigenvalue weighted by molar-refractivity contribution is 5.94. The fourth-order valence-electron chi connectivity index (χ4n) is 5.63. The van der Waals surface area contributed by atoms with Gasteiger partial charge in [-0.1, -0.05) is 45.0 Å². The first-order valence-corrected chi connectivity index (χ1v) is 14.0. The van der Waals surface area contributed by atoms with Crippen LogP contribution in [-0.4, -0.2) is 70.9 Å². The average Bonchev–Trinajstić information content (AvgIpc) is 2.92. The second-order valence-electron chi connectivity index (χ2n) is 11.8. The van der Waals surface area contributed by atoms with Gasteiger partial charge in [-0.25, -0.2) is 9.97 Å². The molecule has 1 aromatic heterocycles. The lowest BCUT2D eigenvalue weighted by atomic mass is 9.87. The first-order chi connectivity index (χ1) is 18.1. The van der Waals surface area contributed by atoms with E-state index >= 15 is 0 Å². The Labute approximate surface area is 227 Å². The van der Waals surface area contributed by atoms with Crippen LogP contribution in [0.5, 0.6) is 0 Å². The summed E-state index contributed by atoms with van der Waals surface area (Å²) in [6, 6.07) is 9.12. The Bertz CT molecular complexity index is 1120. The molecule has 2 N–H and O–H groups in total. The van der Waals surface area contributed by atoms with Gasteiger partial charge in [0.25, 0.3) is 5.91 Å². The Kier molecular flexibility index (Phi) is 8.71. The number of likely N-dealkylation sites (tertiary alicyclic amines) is 2.